The summed E-state index contributed by atoms with van der Waals surface area (Å²) in [6.45, 7) is 1.54. The van der Waals surface area contributed by atoms with Crippen molar-refractivity contribution in [1.82, 2.24) is 4.98 Å². The smallest absolute Gasteiger partial charge is 0.306 e. The molecule has 0 amide bonds. The zero-order valence-electron chi connectivity index (χ0n) is 19.8. The average Bonchev–Trinajstić information content (AvgIpc) is 3.57. The fraction of sp³-hybridized carbons (Fsp3) is 0.276. The lowest BCUT2D eigenvalue weighted by atomic mass is 10.1. The van der Waals surface area contributed by atoms with Crippen LogP contribution < -0.4 is 9.69 Å². The molecule has 0 radical (unpaired) electrons. The van der Waals surface area contributed by atoms with E-state index in [0.29, 0.717) is 25.0 Å². The van der Waals surface area contributed by atoms with Crippen molar-refractivity contribution in [3.63, 3.8) is 0 Å². The van der Waals surface area contributed by atoms with Gasteiger partial charge < -0.3 is 9.15 Å². The molecule has 1 atom stereocenters. The number of benzene rings is 2. The van der Waals surface area contributed by atoms with Gasteiger partial charge in [0, 0.05) is 29.7 Å². The molecule has 2 aromatic heterocycles. The van der Waals surface area contributed by atoms with Crippen LogP contribution in [0.2, 0.25) is 0 Å². The summed E-state index contributed by atoms with van der Waals surface area (Å²) in [5.74, 6) is 1.06. The Morgan fingerprint density at radius 1 is 0.943 bits per heavy atom. The van der Waals surface area contributed by atoms with E-state index in [2.05, 4.69) is 22.1 Å². The second-order valence-electron chi connectivity index (χ2n) is 8.77. The van der Waals surface area contributed by atoms with Gasteiger partial charge in [0.15, 0.2) is 24.0 Å². The van der Waals surface area contributed by atoms with Crippen molar-refractivity contribution >= 4 is 5.97 Å². The van der Waals surface area contributed by atoms with Crippen LogP contribution >= 0.6 is 0 Å². The van der Waals surface area contributed by atoms with Crippen LogP contribution in [0.3, 0.4) is 0 Å². The average molecular weight is 469 g/mol. The molecule has 4 aromatic rings. The number of nitrogens with zero attached hydrogens (tertiary/aromatic N) is 3. The molecular weight excluding hydrogens is 438 g/mol. The molecule has 35 heavy (non-hydrogen) atoms. The number of carbonyl (C=O) groups excluding carboxylic acids is 1. The third-order valence-corrected chi connectivity index (χ3v) is 6.17. The Kier molecular flexibility index (Phi) is 7.18. The predicted octanol–water partition coefficient (Wildman–Crippen LogP) is 4.96. The van der Waals surface area contributed by atoms with Gasteiger partial charge in [-0.25, -0.2) is 4.98 Å². The molecule has 6 heteroatoms. The van der Waals surface area contributed by atoms with Gasteiger partial charge in [0.1, 0.15) is 11.7 Å². The van der Waals surface area contributed by atoms with Crippen LogP contribution in [-0.2, 0) is 16.0 Å². The van der Waals surface area contributed by atoms with Crippen LogP contribution in [0.4, 0.5) is 0 Å². The van der Waals surface area contributed by atoms with Crippen LogP contribution in [0.5, 0.6) is 0 Å². The lowest BCUT2D eigenvalue weighted by molar-refractivity contribution is -0.677. The highest BCUT2D eigenvalue weighted by molar-refractivity contribution is 5.77. The first-order chi connectivity index (χ1) is 17.3. The van der Waals surface area contributed by atoms with E-state index in [1.54, 1.807) is 0 Å². The maximum Gasteiger partial charge on any atom is 0.306 e. The standard InChI is InChI=1S/C29H30N3O3/c33-27(34-21-11-8-16-25-22-32(25)31-19-9-3-10-20-31)18-17-26-30-28(23-12-4-1-5-13-23)29(35-26)24-14-6-2-7-15-24/h1-7,9-10,12-15,19-20,25H,8,11,16-18,21-22H2/q+1. The van der Waals surface area contributed by atoms with Crippen molar-refractivity contribution < 1.29 is 18.6 Å². The van der Waals surface area contributed by atoms with Crippen molar-refractivity contribution in [1.29, 1.82) is 0 Å². The van der Waals surface area contributed by atoms with Crippen LogP contribution in [0.15, 0.2) is 95.7 Å². The SMILES string of the molecule is O=C(CCc1nc(-c2ccccc2)c(-c2ccccc2)o1)OCCCCC1CN1[n+]1ccccc1. The Morgan fingerprint density at radius 2 is 1.63 bits per heavy atom. The van der Waals surface area contributed by atoms with E-state index in [9.17, 15) is 4.79 Å². The quantitative estimate of drug-likeness (QED) is 0.135. The van der Waals surface area contributed by atoms with Crippen molar-refractivity contribution in [2.75, 3.05) is 18.2 Å². The molecule has 0 saturated carbocycles. The second kappa shape index (κ2) is 11.0. The van der Waals surface area contributed by atoms with Gasteiger partial charge in [-0.3, -0.25) is 4.79 Å². The number of ether oxygens (including phenoxy) is 1. The molecular formula is C29H30N3O3+. The zero-order chi connectivity index (χ0) is 23.9. The van der Waals surface area contributed by atoms with E-state index in [4.69, 9.17) is 14.1 Å². The fourth-order valence-corrected chi connectivity index (χ4v) is 4.25. The number of carbonyl (C=O) groups is 1. The Labute approximate surface area is 205 Å². The molecule has 1 fully saturated rings. The highest BCUT2D eigenvalue weighted by Gasteiger charge is 2.40. The Bertz CT molecular complexity index is 1170. The molecule has 0 spiro atoms. The number of rotatable bonds is 11. The van der Waals surface area contributed by atoms with Crippen molar-refractivity contribution in [2.24, 2.45) is 0 Å². The van der Waals surface area contributed by atoms with E-state index in [1.165, 1.54) is 0 Å². The molecule has 0 N–H and O–H groups in total. The molecule has 3 heterocycles. The van der Waals surface area contributed by atoms with Gasteiger partial charge in [-0.2, -0.15) is 5.01 Å². The minimum absolute atomic E-state index is 0.210. The van der Waals surface area contributed by atoms with Gasteiger partial charge in [0.05, 0.1) is 19.6 Å². The van der Waals surface area contributed by atoms with Crippen LogP contribution in [0, 0.1) is 0 Å². The third kappa shape index (κ3) is 5.96. The van der Waals surface area contributed by atoms with Gasteiger partial charge in [-0.15, -0.1) is 0 Å². The lowest BCUT2D eigenvalue weighted by Gasteiger charge is -2.04. The first-order valence-electron chi connectivity index (χ1n) is 12.3. The second-order valence-corrected chi connectivity index (χ2v) is 8.77. The summed E-state index contributed by atoms with van der Waals surface area (Å²) in [5, 5.41) is 2.33. The number of aryl methyl sites for hydroxylation is 1. The molecule has 6 nitrogen and oxygen atoms in total. The van der Waals surface area contributed by atoms with E-state index in [1.807, 2.05) is 78.9 Å². The topological polar surface area (TPSA) is 59.2 Å². The summed E-state index contributed by atoms with van der Waals surface area (Å²) in [4.78, 5) is 17.0. The molecule has 2 aromatic carbocycles. The maximum absolute atomic E-state index is 12.3. The summed E-state index contributed by atoms with van der Waals surface area (Å²) >= 11 is 0. The van der Waals surface area contributed by atoms with Crippen LogP contribution in [-0.4, -0.2) is 30.1 Å². The number of hydrogen-bond donors (Lipinski definition) is 0. The molecule has 1 aliphatic heterocycles. The van der Waals surface area contributed by atoms with E-state index in [-0.39, 0.29) is 12.4 Å². The molecule has 5 rings (SSSR count). The molecule has 1 saturated heterocycles. The molecule has 0 bridgehead atoms. The van der Waals surface area contributed by atoms with Crippen molar-refractivity contribution in [3.05, 3.63) is 97.1 Å². The molecule has 1 unspecified atom stereocenters. The zero-order valence-corrected chi connectivity index (χ0v) is 19.8. The number of hydrogen-bond acceptors (Lipinski definition) is 5. The summed E-state index contributed by atoms with van der Waals surface area (Å²) in [7, 11) is 0. The molecule has 1 aliphatic rings. The molecule has 0 aliphatic carbocycles. The minimum Gasteiger partial charge on any atom is -0.466 e. The largest absolute Gasteiger partial charge is 0.466 e. The van der Waals surface area contributed by atoms with Crippen molar-refractivity contribution in [2.45, 2.75) is 38.1 Å². The Balaban J connectivity index is 1.08. The van der Waals surface area contributed by atoms with Gasteiger partial charge in [0.2, 0.25) is 0 Å². The van der Waals surface area contributed by atoms with Gasteiger partial charge in [-0.05, 0) is 19.3 Å². The van der Waals surface area contributed by atoms with E-state index < -0.39 is 0 Å². The number of pyridine rings is 1. The van der Waals surface area contributed by atoms with Crippen molar-refractivity contribution in [3.8, 4) is 22.6 Å². The predicted molar refractivity (Wildman–Crippen MR) is 134 cm³/mol. The number of oxazole rings is 1. The Morgan fingerprint density at radius 3 is 2.37 bits per heavy atom. The maximum atomic E-state index is 12.3. The van der Waals surface area contributed by atoms with Crippen LogP contribution in [0.1, 0.15) is 31.6 Å². The minimum atomic E-state index is -0.210. The van der Waals surface area contributed by atoms with E-state index >= 15 is 0 Å². The first-order valence-corrected chi connectivity index (χ1v) is 12.3. The number of aromatic nitrogens is 2. The summed E-state index contributed by atoms with van der Waals surface area (Å²) < 4.78 is 13.7. The Hall–Kier alpha value is -3.93. The summed E-state index contributed by atoms with van der Waals surface area (Å²) in [6, 6.07) is 26.6. The normalized spacial score (nSPS) is 14.6. The number of esters is 1. The highest BCUT2D eigenvalue weighted by atomic mass is 16.5. The fourth-order valence-electron chi connectivity index (χ4n) is 4.25. The third-order valence-electron chi connectivity index (χ3n) is 6.17. The lowest BCUT2D eigenvalue weighted by Crippen LogP contribution is -2.45. The van der Waals surface area contributed by atoms with Gasteiger partial charge in [0.25, 0.3) is 0 Å². The highest BCUT2D eigenvalue weighted by Crippen LogP contribution is 2.32. The van der Waals surface area contributed by atoms with Gasteiger partial charge in [-0.1, -0.05) is 71.4 Å². The number of unbranched alkanes of at least 4 members (excludes halogenated alkanes) is 1. The summed E-state index contributed by atoms with van der Waals surface area (Å²) in [6.07, 6.45) is 7.84. The van der Waals surface area contributed by atoms with E-state index in [0.717, 1.165) is 48.4 Å². The van der Waals surface area contributed by atoms with Gasteiger partial charge >= 0.3 is 5.97 Å². The van der Waals surface area contributed by atoms with Crippen LogP contribution in [0.25, 0.3) is 22.6 Å². The molecule has 178 valence electrons. The summed E-state index contributed by atoms with van der Waals surface area (Å²) in [5.41, 5.74) is 2.75. The monoisotopic (exact) mass is 468 g/mol. The first kappa shape index (κ1) is 22.8.